The number of carbonyl (C=O) groups is 1. The van der Waals surface area contributed by atoms with Gasteiger partial charge < -0.3 is 9.47 Å². The first-order chi connectivity index (χ1) is 13.6. The molecular weight excluding hydrogens is 374 g/mol. The van der Waals surface area contributed by atoms with Crippen LogP contribution in [0.2, 0.25) is 5.02 Å². The van der Waals surface area contributed by atoms with E-state index in [0.717, 1.165) is 23.4 Å². The highest BCUT2D eigenvalue weighted by molar-refractivity contribution is 6.30. The highest BCUT2D eigenvalue weighted by atomic mass is 35.5. The molecule has 0 fully saturated rings. The minimum absolute atomic E-state index is 0.414. The molecule has 0 bridgehead atoms. The second-order valence-corrected chi connectivity index (χ2v) is 6.51. The number of benzene rings is 3. The largest absolute Gasteiger partial charge is 0.494 e. The number of carbonyl (C=O) groups excluding carboxylic acids is 1. The number of nitrogens with zero attached hydrogens (tertiary/aromatic N) is 1. The van der Waals surface area contributed by atoms with Crippen LogP contribution < -0.4 is 9.47 Å². The lowest BCUT2D eigenvalue weighted by Gasteiger charge is -2.07. The van der Waals surface area contributed by atoms with E-state index in [4.69, 9.17) is 21.1 Å². The summed E-state index contributed by atoms with van der Waals surface area (Å²) in [5, 5.41) is 0.641. The van der Waals surface area contributed by atoms with E-state index in [0.29, 0.717) is 22.9 Å². The number of ether oxygens (including phenoxy) is 2. The van der Waals surface area contributed by atoms with Crippen LogP contribution in [0.5, 0.6) is 11.5 Å². The molecule has 0 atom stereocenters. The van der Waals surface area contributed by atoms with E-state index in [1.165, 1.54) is 0 Å². The summed E-state index contributed by atoms with van der Waals surface area (Å²) >= 11 is 5.95. The van der Waals surface area contributed by atoms with Gasteiger partial charge in [-0.15, -0.1) is 0 Å². The van der Waals surface area contributed by atoms with E-state index < -0.39 is 5.97 Å². The van der Waals surface area contributed by atoms with E-state index in [1.54, 1.807) is 54.7 Å². The van der Waals surface area contributed by atoms with Crippen molar-refractivity contribution in [3.63, 3.8) is 0 Å². The molecule has 4 nitrogen and oxygen atoms in total. The molecule has 0 amide bonds. The fourth-order valence-electron chi connectivity index (χ4n) is 2.40. The molecule has 142 valence electrons. The molecular formula is C23H20ClNO3. The minimum Gasteiger partial charge on any atom is -0.494 e. The predicted octanol–water partition coefficient (Wildman–Crippen LogP) is 6.10. The summed E-state index contributed by atoms with van der Waals surface area (Å²) in [7, 11) is 0. The number of halogens is 1. The molecule has 0 saturated carbocycles. The van der Waals surface area contributed by atoms with Gasteiger partial charge in [0.05, 0.1) is 17.9 Å². The number of rotatable bonds is 7. The van der Waals surface area contributed by atoms with Crippen LogP contribution in [0, 0.1) is 0 Å². The van der Waals surface area contributed by atoms with Gasteiger partial charge in [-0.3, -0.25) is 4.99 Å². The summed E-state index contributed by atoms with van der Waals surface area (Å²) in [6.45, 7) is 2.69. The number of esters is 1. The maximum atomic E-state index is 12.3. The van der Waals surface area contributed by atoms with Crippen molar-refractivity contribution in [2.45, 2.75) is 13.3 Å². The number of aliphatic imine (C=N–C) groups is 1. The fourth-order valence-corrected chi connectivity index (χ4v) is 2.59. The van der Waals surface area contributed by atoms with Crippen molar-refractivity contribution in [3.05, 3.63) is 88.9 Å². The van der Waals surface area contributed by atoms with Crippen LogP contribution in [0.15, 0.2) is 77.8 Å². The lowest BCUT2D eigenvalue weighted by molar-refractivity contribution is 0.0734. The highest BCUT2D eigenvalue weighted by Crippen LogP contribution is 2.19. The Morgan fingerprint density at radius 1 is 1.00 bits per heavy atom. The Labute approximate surface area is 169 Å². The van der Waals surface area contributed by atoms with Crippen molar-refractivity contribution in [3.8, 4) is 11.5 Å². The van der Waals surface area contributed by atoms with E-state index in [-0.39, 0.29) is 0 Å². The van der Waals surface area contributed by atoms with Gasteiger partial charge in [0.25, 0.3) is 0 Å². The van der Waals surface area contributed by atoms with Gasteiger partial charge in [-0.25, -0.2) is 4.79 Å². The Hall–Kier alpha value is -3.11. The number of hydrogen-bond donors (Lipinski definition) is 0. The Morgan fingerprint density at radius 2 is 1.71 bits per heavy atom. The molecule has 0 N–H and O–H groups in total. The molecule has 0 aromatic heterocycles. The summed E-state index contributed by atoms with van der Waals surface area (Å²) in [5.41, 5.74) is 2.13. The average Bonchev–Trinajstić information content (AvgIpc) is 2.72. The van der Waals surface area contributed by atoms with Crippen LogP contribution in [-0.4, -0.2) is 18.8 Å². The molecule has 5 heteroatoms. The van der Waals surface area contributed by atoms with Gasteiger partial charge in [-0.05, 0) is 78.7 Å². The Kier molecular flexibility index (Phi) is 6.82. The average molecular weight is 394 g/mol. The summed E-state index contributed by atoms with van der Waals surface area (Å²) in [4.78, 5) is 16.6. The summed E-state index contributed by atoms with van der Waals surface area (Å²) in [5.74, 6) is 0.792. The first kappa shape index (κ1) is 19.6. The summed E-state index contributed by atoms with van der Waals surface area (Å²) < 4.78 is 10.9. The molecule has 0 unspecified atom stereocenters. The van der Waals surface area contributed by atoms with Crippen molar-refractivity contribution in [2.24, 2.45) is 4.99 Å². The van der Waals surface area contributed by atoms with Gasteiger partial charge in [0.15, 0.2) is 0 Å². The third-order valence-corrected chi connectivity index (χ3v) is 4.06. The van der Waals surface area contributed by atoms with Gasteiger partial charge in [0, 0.05) is 11.2 Å². The lowest BCUT2D eigenvalue weighted by Crippen LogP contribution is -2.08. The molecule has 0 aliphatic carbocycles. The third kappa shape index (κ3) is 5.69. The van der Waals surface area contributed by atoms with Crippen molar-refractivity contribution in [1.82, 2.24) is 0 Å². The molecule has 3 rings (SSSR count). The van der Waals surface area contributed by atoms with E-state index in [1.807, 2.05) is 31.2 Å². The predicted molar refractivity (Wildman–Crippen MR) is 112 cm³/mol. The van der Waals surface area contributed by atoms with Gasteiger partial charge in [-0.1, -0.05) is 24.6 Å². The zero-order valence-electron chi connectivity index (χ0n) is 15.5. The molecule has 0 aliphatic rings. The maximum absolute atomic E-state index is 12.3. The Bertz CT molecular complexity index is 950. The molecule has 28 heavy (non-hydrogen) atoms. The molecule has 3 aromatic carbocycles. The van der Waals surface area contributed by atoms with Gasteiger partial charge in [0.2, 0.25) is 0 Å². The van der Waals surface area contributed by atoms with Crippen LogP contribution >= 0.6 is 11.6 Å². The second-order valence-electron chi connectivity index (χ2n) is 6.07. The Balaban J connectivity index is 1.59. The van der Waals surface area contributed by atoms with Gasteiger partial charge in [0.1, 0.15) is 11.5 Å². The molecule has 0 radical (unpaired) electrons. The van der Waals surface area contributed by atoms with Crippen LogP contribution in [0.25, 0.3) is 0 Å². The van der Waals surface area contributed by atoms with Crippen molar-refractivity contribution in [1.29, 1.82) is 0 Å². The monoisotopic (exact) mass is 393 g/mol. The second kappa shape index (κ2) is 9.72. The topological polar surface area (TPSA) is 47.9 Å². The summed E-state index contributed by atoms with van der Waals surface area (Å²) in [6.07, 6.45) is 2.66. The molecule has 0 aliphatic heterocycles. The fraction of sp³-hybridized carbons (Fsp3) is 0.130. The molecule has 0 heterocycles. The van der Waals surface area contributed by atoms with Crippen molar-refractivity contribution < 1.29 is 14.3 Å². The first-order valence-corrected chi connectivity index (χ1v) is 9.36. The lowest BCUT2D eigenvalue weighted by atomic mass is 10.2. The zero-order chi connectivity index (χ0) is 19.8. The van der Waals surface area contributed by atoms with Crippen molar-refractivity contribution in [2.75, 3.05) is 6.61 Å². The number of hydrogen-bond acceptors (Lipinski definition) is 4. The zero-order valence-corrected chi connectivity index (χ0v) is 16.2. The van der Waals surface area contributed by atoms with E-state index in [2.05, 4.69) is 4.99 Å². The quantitative estimate of drug-likeness (QED) is 0.277. The smallest absolute Gasteiger partial charge is 0.343 e. The normalized spacial score (nSPS) is 10.8. The Morgan fingerprint density at radius 3 is 2.39 bits per heavy atom. The van der Waals surface area contributed by atoms with E-state index >= 15 is 0 Å². The molecule has 3 aromatic rings. The third-order valence-electron chi connectivity index (χ3n) is 3.82. The molecule has 0 saturated heterocycles. The summed E-state index contributed by atoms with van der Waals surface area (Å²) in [6, 6.07) is 21.4. The first-order valence-electron chi connectivity index (χ1n) is 8.99. The van der Waals surface area contributed by atoms with Crippen LogP contribution in [0.3, 0.4) is 0 Å². The van der Waals surface area contributed by atoms with Crippen molar-refractivity contribution >= 4 is 29.5 Å². The van der Waals surface area contributed by atoms with E-state index in [9.17, 15) is 4.79 Å². The van der Waals surface area contributed by atoms with Crippen LogP contribution in [0.4, 0.5) is 5.69 Å². The van der Waals surface area contributed by atoms with Gasteiger partial charge in [-0.2, -0.15) is 0 Å². The van der Waals surface area contributed by atoms with Crippen LogP contribution in [-0.2, 0) is 0 Å². The van der Waals surface area contributed by atoms with Crippen LogP contribution in [0.1, 0.15) is 29.3 Å². The molecule has 0 spiro atoms. The minimum atomic E-state index is -0.414. The maximum Gasteiger partial charge on any atom is 0.343 e. The van der Waals surface area contributed by atoms with Gasteiger partial charge >= 0.3 is 5.97 Å². The highest BCUT2D eigenvalue weighted by Gasteiger charge is 2.08. The standard InChI is InChI=1S/C23H20ClNO3/c1-2-14-27-21-12-8-18(9-13-21)23(26)28-22-10-6-17(7-11-22)16-25-20-5-3-4-19(24)15-20/h3-13,15-16H,2,14H2,1H3. The SMILES string of the molecule is CCCOc1ccc(C(=O)Oc2ccc(C=Nc3cccc(Cl)c3)cc2)cc1.